The third-order valence-electron chi connectivity index (χ3n) is 5.24. The molecule has 0 aliphatic carbocycles. The highest BCUT2D eigenvalue weighted by Gasteiger charge is 2.29. The van der Waals surface area contributed by atoms with Crippen LogP contribution in [-0.4, -0.2) is 24.4 Å². The van der Waals surface area contributed by atoms with Crippen molar-refractivity contribution in [3.05, 3.63) is 74.5 Å². The third-order valence-corrected chi connectivity index (χ3v) is 5.73. The summed E-state index contributed by atoms with van der Waals surface area (Å²) in [5.74, 6) is 1.04. The van der Waals surface area contributed by atoms with E-state index >= 15 is 0 Å². The van der Waals surface area contributed by atoms with E-state index < -0.39 is 0 Å². The molecule has 2 N–H and O–H groups in total. The number of aromatic nitrogens is 1. The number of fused-ring (bicyclic) bond motifs is 2. The first kappa shape index (κ1) is 20.1. The number of nitrogens with zero attached hydrogens (tertiary/aromatic N) is 1. The minimum atomic E-state index is 0.0322. The number of halogens is 2. The maximum Gasteiger partial charge on any atom is 0.189 e. The van der Waals surface area contributed by atoms with Gasteiger partial charge in [0.15, 0.2) is 5.43 Å². The summed E-state index contributed by atoms with van der Waals surface area (Å²) >= 11 is 12.5. The van der Waals surface area contributed by atoms with Crippen molar-refractivity contribution in [3.63, 3.8) is 0 Å². The molecule has 5 nitrogen and oxygen atoms in total. The van der Waals surface area contributed by atoms with E-state index in [4.69, 9.17) is 27.9 Å². The van der Waals surface area contributed by atoms with Crippen molar-refractivity contribution in [3.8, 4) is 5.75 Å². The van der Waals surface area contributed by atoms with E-state index in [2.05, 4.69) is 17.7 Å². The summed E-state index contributed by atoms with van der Waals surface area (Å²) in [6.45, 7) is 4.36. The van der Waals surface area contributed by atoms with E-state index in [0.717, 1.165) is 36.3 Å². The maximum absolute atomic E-state index is 12.0. The zero-order valence-electron chi connectivity index (χ0n) is 16.1. The summed E-state index contributed by atoms with van der Waals surface area (Å²) in [5, 5.41) is 5.50. The number of ether oxygens (including phenoxy) is 1. The molecule has 1 aliphatic rings. The van der Waals surface area contributed by atoms with Gasteiger partial charge in [-0.05, 0) is 37.2 Å². The van der Waals surface area contributed by atoms with Crippen LogP contribution in [0, 0.1) is 5.92 Å². The first-order chi connectivity index (χ1) is 14.0. The Balaban J connectivity index is 1.37. The predicted molar refractivity (Wildman–Crippen MR) is 119 cm³/mol. The van der Waals surface area contributed by atoms with E-state index in [-0.39, 0.29) is 11.5 Å². The first-order valence-corrected chi connectivity index (χ1v) is 10.5. The van der Waals surface area contributed by atoms with Gasteiger partial charge < -0.3 is 15.5 Å². The molecule has 0 radical (unpaired) electrons. The minimum Gasteiger partial charge on any atom is -0.491 e. The molecule has 0 amide bonds. The number of para-hydroxylation sites is 1. The van der Waals surface area contributed by atoms with E-state index in [1.165, 1.54) is 0 Å². The molecule has 2 unspecified atom stereocenters. The monoisotopic (exact) mass is 431 g/mol. The minimum absolute atomic E-state index is 0.0322. The summed E-state index contributed by atoms with van der Waals surface area (Å²) in [5.41, 5.74) is 5.30. The number of pyridine rings is 1. The summed E-state index contributed by atoms with van der Waals surface area (Å²) in [6, 6.07) is 13.0. The van der Waals surface area contributed by atoms with E-state index in [9.17, 15) is 4.79 Å². The van der Waals surface area contributed by atoms with Gasteiger partial charge in [0.05, 0.1) is 17.1 Å². The summed E-state index contributed by atoms with van der Waals surface area (Å²) in [7, 11) is 0. The van der Waals surface area contributed by atoms with Gasteiger partial charge in [-0.1, -0.05) is 42.3 Å². The van der Waals surface area contributed by atoms with Crippen molar-refractivity contribution in [2.75, 3.05) is 25.1 Å². The number of hydrogen-bond acceptors (Lipinski definition) is 4. The predicted octanol–water partition coefficient (Wildman–Crippen LogP) is 4.60. The van der Waals surface area contributed by atoms with Gasteiger partial charge in [-0.25, -0.2) is 0 Å². The fourth-order valence-corrected chi connectivity index (χ4v) is 4.34. The summed E-state index contributed by atoms with van der Waals surface area (Å²) in [4.78, 5) is 12.0. The van der Waals surface area contributed by atoms with Gasteiger partial charge in [0.1, 0.15) is 5.75 Å². The Bertz CT molecular complexity index is 1080. The Morgan fingerprint density at radius 2 is 2.00 bits per heavy atom. The van der Waals surface area contributed by atoms with E-state index in [0.29, 0.717) is 28.0 Å². The highest BCUT2D eigenvalue weighted by molar-refractivity contribution is 6.35. The largest absolute Gasteiger partial charge is 0.491 e. The second-order valence-electron chi connectivity index (χ2n) is 7.35. The van der Waals surface area contributed by atoms with Crippen molar-refractivity contribution in [2.45, 2.75) is 19.4 Å². The molecule has 29 heavy (non-hydrogen) atoms. The van der Waals surface area contributed by atoms with Crippen LogP contribution in [0.25, 0.3) is 10.9 Å². The number of nitrogens with one attached hydrogen (secondary N) is 2. The zero-order valence-corrected chi connectivity index (χ0v) is 17.6. The fraction of sp³-hybridized carbons (Fsp3) is 0.318. The average molecular weight is 432 g/mol. The topological polar surface area (TPSA) is 55.3 Å². The molecule has 0 saturated heterocycles. The molecule has 152 valence electrons. The molecular formula is C22H23Cl2N3O2. The lowest BCUT2D eigenvalue weighted by atomic mass is 9.92. The van der Waals surface area contributed by atoms with Gasteiger partial charge in [-0.3, -0.25) is 9.47 Å². The molecule has 0 fully saturated rings. The van der Waals surface area contributed by atoms with Crippen LogP contribution >= 0.6 is 23.2 Å². The Hall–Kier alpha value is -2.21. The molecule has 2 aromatic carbocycles. The van der Waals surface area contributed by atoms with Gasteiger partial charge in [0.25, 0.3) is 0 Å². The van der Waals surface area contributed by atoms with Gasteiger partial charge in [0.2, 0.25) is 0 Å². The van der Waals surface area contributed by atoms with Crippen molar-refractivity contribution in [1.82, 2.24) is 9.99 Å². The van der Waals surface area contributed by atoms with Crippen LogP contribution in [-0.2, 0) is 0 Å². The van der Waals surface area contributed by atoms with Gasteiger partial charge in [-0.15, -0.1) is 0 Å². The number of benzene rings is 2. The molecule has 1 aliphatic heterocycles. The molecule has 0 saturated carbocycles. The lowest BCUT2D eigenvalue weighted by molar-refractivity contribution is 0.189. The second-order valence-corrected chi connectivity index (χ2v) is 8.20. The molecule has 1 aromatic heterocycles. The van der Waals surface area contributed by atoms with Crippen molar-refractivity contribution >= 4 is 34.1 Å². The third kappa shape index (κ3) is 4.22. The second kappa shape index (κ2) is 8.66. The number of hydrogen-bond donors (Lipinski definition) is 2. The molecule has 2 heterocycles. The van der Waals surface area contributed by atoms with Crippen LogP contribution in [0.1, 0.15) is 24.9 Å². The summed E-state index contributed by atoms with van der Waals surface area (Å²) < 4.78 is 7.72. The van der Waals surface area contributed by atoms with Gasteiger partial charge in [0, 0.05) is 46.7 Å². The number of rotatable bonds is 6. The molecule has 3 aromatic rings. The first-order valence-electron chi connectivity index (χ1n) is 9.74. The maximum atomic E-state index is 12.0. The Kier molecular flexibility index (Phi) is 5.99. The lowest BCUT2D eigenvalue weighted by Gasteiger charge is -2.33. The normalized spacial score (nSPS) is 18.3. The lowest BCUT2D eigenvalue weighted by Crippen LogP contribution is -2.35. The Labute approximate surface area is 179 Å². The van der Waals surface area contributed by atoms with Crippen LogP contribution in [0.4, 0.5) is 0 Å². The standard InChI is InChI=1S/C22H23Cl2N3O2/c1-14-13-29-22-17(11-15(23)12-18(22)24)21(14)25-8-4-9-26-27-10-7-20(28)16-5-2-3-6-19(16)27/h2-3,5-7,10-12,14,21,25-26H,4,8-9,13H2,1H3. The smallest absolute Gasteiger partial charge is 0.189 e. The van der Waals surface area contributed by atoms with Crippen LogP contribution < -0.4 is 20.9 Å². The van der Waals surface area contributed by atoms with Crippen molar-refractivity contribution in [2.24, 2.45) is 5.92 Å². The van der Waals surface area contributed by atoms with Crippen LogP contribution in [0.5, 0.6) is 5.75 Å². The molecule has 0 spiro atoms. The molecule has 7 heteroatoms. The van der Waals surface area contributed by atoms with Crippen LogP contribution in [0.3, 0.4) is 0 Å². The SMILES string of the molecule is CC1COc2c(Cl)cc(Cl)cc2C1NCCCNn1ccc(=O)c2ccccc21. The molecule has 4 rings (SSSR count). The van der Waals surface area contributed by atoms with Gasteiger partial charge in [-0.2, -0.15) is 0 Å². The Morgan fingerprint density at radius 3 is 2.86 bits per heavy atom. The highest BCUT2D eigenvalue weighted by atomic mass is 35.5. The highest BCUT2D eigenvalue weighted by Crippen LogP contribution is 2.41. The van der Waals surface area contributed by atoms with Crippen molar-refractivity contribution < 1.29 is 4.74 Å². The van der Waals surface area contributed by atoms with E-state index in [1.54, 1.807) is 18.3 Å². The van der Waals surface area contributed by atoms with Gasteiger partial charge >= 0.3 is 0 Å². The average Bonchev–Trinajstić information content (AvgIpc) is 2.71. The molecule has 2 atom stereocenters. The van der Waals surface area contributed by atoms with E-state index in [1.807, 2.05) is 35.0 Å². The quantitative estimate of drug-likeness (QED) is 0.559. The molecule has 0 bridgehead atoms. The zero-order chi connectivity index (χ0) is 20.4. The molecular weight excluding hydrogens is 409 g/mol. The Morgan fingerprint density at radius 1 is 1.17 bits per heavy atom. The summed E-state index contributed by atoms with van der Waals surface area (Å²) in [6.07, 6.45) is 2.69. The van der Waals surface area contributed by atoms with Crippen LogP contribution in [0.15, 0.2) is 53.5 Å². The van der Waals surface area contributed by atoms with Crippen LogP contribution in [0.2, 0.25) is 10.0 Å². The fourth-order valence-electron chi connectivity index (χ4n) is 3.78. The van der Waals surface area contributed by atoms with Crippen molar-refractivity contribution in [1.29, 1.82) is 0 Å².